The van der Waals surface area contributed by atoms with Crippen molar-refractivity contribution in [3.05, 3.63) is 0 Å². The minimum atomic E-state index is -0.0848. The molecule has 0 aromatic heterocycles. The van der Waals surface area contributed by atoms with Crippen molar-refractivity contribution in [1.29, 1.82) is 0 Å². The second-order valence-electron chi connectivity index (χ2n) is 5.03. The van der Waals surface area contributed by atoms with E-state index in [0.717, 1.165) is 32.1 Å². The van der Waals surface area contributed by atoms with Crippen molar-refractivity contribution in [1.82, 2.24) is 5.32 Å². The molecule has 0 aromatic rings. The van der Waals surface area contributed by atoms with E-state index in [0.29, 0.717) is 18.0 Å². The molecule has 1 aliphatic carbocycles. The van der Waals surface area contributed by atoms with Crippen LogP contribution in [0.15, 0.2) is 0 Å². The molecular weight excluding hydrogens is 190 g/mol. The fourth-order valence-corrected chi connectivity index (χ4v) is 2.29. The van der Waals surface area contributed by atoms with Gasteiger partial charge < -0.3 is 15.5 Å². The summed E-state index contributed by atoms with van der Waals surface area (Å²) in [6.07, 6.45) is 4.71. The van der Waals surface area contributed by atoms with E-state index in [9.17, 15) is 5.11 Å². The second-order valence-corrected chi connectivity index (χ2v) is 5.03. The molecule has 1 atom stereocenters. The monoisotopic (exact) mass is 215 g/mol. The van der Waals surface area contributed by atoms with E-state index in [2.05, 4.69) is 19.2 Å². The van der Waals surface area contributed by atoms with E-state index >= 15 is 0 Å². The van der Waals surface area contributed by atoms with Gasteiger partial charge in [0.15, 0.2) is 0 Å². The van der Waals surface area contributed by atoms with Crippen molar-refractivity contribution < 1.29 is 10.2 Å². The van der Waals surface area contributed by atoms with Crippen LogP contribution in [0.3, 0.4) is 0 Å². The molecular formula is C12H25NO2. The Hall–Kier alpha value is -0.120. The summed E-state index contributed by atoms with van der Waals surface area (Å²) in [5.41, 5.74) is 0. The maximum atomic E-state index is 9.41. The van der Waals surface area contributed by atoms with Gasteiger partial charge in [-0.1, -0.05) is 13.8 Å². The highest BCUT2D eigenvalue weighted by molar-refractivity contribution is 4.81. The van der Waals surface area contributed by atoms with Crippen LogP contribution in [0.4, 0.5) is 0 Å². The largest absolute Gasteiger partial charge is 0.396 e. The Morgan fingerprint density at radius 1 is 1.20 bits per heavy atom. The summed E-state index contributed by atoms with van der Waals surface area (Å²) in [5.74, 6) is 0.559. The molecule has 0 aliphatic heterocycles. The molecule has 15 heavy (non-hydrogen) atoms. The van der Waals surface area contributed by atoms with Gasteiger partial charge in [0.25, 0.3) is 0 Å². The smallest absolute Gasteiger partial charge is 0.0541 e. The van der Waals surface area contributed by atoms with Gasteiger partial charge in [-0.25, -0.2) is 0 Å². The number of hydrogen-bond acceptors (Lipinski definition) is 3. The first-order valence-corrected chi connectivity index (χ1v) is 6.18. The zero-order chi connectivity index (χ0) is 11.3. The lowest BCUT2D eigenvalue weighted by molar-refractivity contribution is 0.110. The number of aliphatic hydroxyl groups excluding tert-OH is 2. The fraction of sp³-hybridized carbons (Fsp3) is 1.00. The summed E-state index contributed by atoms with van der Waals surface area (Å²) >= 11 is 0. The van der Waals surface area contributed by atoms with Gasteiger partial charge in [0.05, 0.1) is 6.10 Å². The van der Waals surface area contributed by atoms with E-state index in [1.165, 1.54) is 0 Å². The zero-order valence-corrected chi connectivity index (χ0v) is 9.95. The van der Waals surface area contributed by atoms with E-state index < -0.39 is 0 Å². The van der Waals surface area contributed by atoms with Crippen LogP contribution in [0.5, 0.6) is 0 Å². The number of aliphatic hydroxyl groups is 2. The molecule has 1 aliphatic rings. The van der Waals surface area contributed by atoms with E-state index in [-0.39, 0.29) is 12.7 Å². The van der Waals surface area contributed by atoms with Gasteiger partial charge in [-0.05, 0) is 38.0 Å². The van der Waals surface area contributed by atoms with Crippen LogP contribution in [0.1, 0.15) is 46.0 Å². The Morgan fingerprint density at radius 2 is 1.80 bits per heavy atom. The lowest BCUT2D eigenvalue weighted by Gasteiger charge is -2.32. The fourth-order valence-electron chi connectivity index (χ4n) is 2.29. The Bertz CT molecular complexity index is 165. The molecule has 0 radical (unpaired) electrons. The van der Waals surface area contributed by atoms with Crippen LogP contribution >= 0.6 is 0 Å². The standard InChI is InChI=1S/C12H25NO2/c1-9(2)12(7-8-14)13-10-3-5-11(15)6-4-10/h9-15H,3-8H2,1-2H3. The lowest BCUT2D eigenvalue weighted by atomic mass is 9.91. The van der Waals surface area contributed by atoms with Gasteiger partial charge in [0.1, 0.15) is 0 Å². The molecule has 90 valence electrons. The van der Waals surface area contributed by atoms with Crippen LogP contribution in [0.25, 0.3) is 0 Å². The third-order valence-corrected chi connectivity index (χ3v) is 3.39. The summed E-state index contributed by atoms with van der Waals surface area (Å²) in [7, 11) is 0. The first-order chi connectivity index (χ1) is 7.13. The van der Waals surface area contributed by atoms with Crippen LogP contribution < -0.4 is 5.32 Å². The first-order valence-electron chi connectivity index (χ1n) is 6.18. The quantitative estimate of drug-likeness (QED) is 0.647. The molecule has 1 fully saturated rings. The van der Waals surface area contributed by atoms with Gasteiger partial charge in [0.2, 0.25) is 0 Å². The van der Waals surface area contributed by atoms with E-state index in [1.807, 2.05) is 0 Å². The normalized spacial score (nSPS) is 29.4. The predicted molar refractivity (Wildman–Crippen MR) is 61.7 cm³/mol. The average molecular weight is 215 g/mol. The number of hydrogen-bond donors (Lipinski definition) is 3. The van der Waals surface area contributed by atoms with Crippen molar-refractivity contribution in [3.8, 4) is 0 Å². The van der Waals surface area contributed by atoms with Gasteiger partial charge in [0, 0.05) is 18.7 Å². The van der Waals surface area contributed by atoms with Gasteiger partial charge in [-0.2, -0.15) is 0 Å². The third kappa shape index (κ3) is 4.49. The topological polar surface area (TPSA) is 52.5 Å². The molecule has 0 saturated heterocycles. The summed E-state index contributed by atoms with van der Waals surface area (Å²) in [4.78, 5) is 0. The molecule has 3 nitrogen and oxygen atoms in total. The van der Waals surface area contributed by atoms with Gasteiger partial charge in [-0.15, -0.1) is 0 Å². The summed E-state index contributed by atoms with van der Waals surface area (Å²) in [6.45, 7) is 4.63. The highest BCUT2D eigenvalue weighted by atomic mass is 16.3. The summed E-state index contributed by atoms with van der Waals surface area (Å²) < 4.78 is 0. The molecule has 0 amide bonds. The van der Waals surface area contributed by atoms with Gasteiger partial charge in [-0.3, -0.25) is 0 Å². The zero-order valence-electron chi connectivity index (χ0n) is 9.95. The molecule has 3 heteroatoms. The van der Waals surface area contributed by atoms with E-state index in [1.54, 1.807) is 0 Å². The maximum absolute atomic E-state index is 9.41. The Morgan fingerprint density at radius 3 is 2.27 bits per heavy atom. The Balaban J connectivity index is 2.31. The minimum absolute atomic E-state index is 0.0848. The van der Waals surface area contributed by atoms with E-state index in [4.69, 9.17) is 5.11 Å². The van der Waals surface area contributed by atoms with Crippen molar-refractivity contribution in [2.24, 2.45) is 5.92 Å². The highest BCUT2D eigenvalue weighted by Gasteiger charge is 2.22. The molecule has 1 saturated carbocycles. The predicted octanol–water partition coefficient (Wildman–Crippen LogP) is 1.29. The number of nitrogens with one attached hydrogen (secondary N) is 1. The Kier molecular flexibility index (Phi) is 5.58. The van der Waals surface area contributed by atoms with Crippen molar-refractivity contribution in [2.45, 2.75) is 64.1 Å². The maximum Gasteiger partial charge on any atom is 0.0541 e. The summed E-state index contributed by atoms with van der Waals surface area (Å²) in [5, 5.41) is 22.0. The molecule has 0 heterocycles. The van der Waals surface area contributed by atoms with Crippen molar-refractivity contribution in [3.63, 3.8) is 0 Å². The van der Waals surface area contributed by atoms with Crippen LogP contribution in [-0.2, 0) is 0 Å². The third-order valence-electron chi connectivity index (χ3n) is 3.39. The number of rotatable bonds is 5. The van der Waals surface area contributed by atoms with Gasteiger partial charge >= 0.3 is 0 Å². The lowest BCUT2D eigenvalue weighted by Crippen LogP contribution is -2.44. The Labute approximate surface area is 92.9 Å². The molecule has 1 rings (SSSR count). The van der Waals surface area contributed by atoms with Crippen LogP contribution in [0.2, 0.25) is 0 Å². The first kappa shape index (κ1) is 12.9. The molecule has 0 aromatic carbocycles. The molecule has 0 spiro atoms. The summed E-state index contributed by atoms with van der Waals surface area (Å²) in [6, 6.07) is 0.947. The minimum Gasteiger partial charge on any atom is -0.396 e. The average Bonchev–Trinajstić information content (AvgIpc) is 2.20. The van der Waals surface area contributed by atoms with Crippen LogP contribution in [0, 0.1) is 5.92 Å². The second kappa shape index (κ2) is 6.46. The highest BCUT2D eigenvalue weighted by Crippen LogP contribution is 2.20. The molecule has 3 N–H and O–H groups in total. The SMILES string of the molecule is CC(C)C(CCO)NC1CCC(O)CC1. The van der Waals surface area contributed by atoms with Crippen molar-refractivity contribution >= 4 is 0 Å². The van der Waals surface area contributed by atoms with Crippen LogP contribution in [-0.4, -0.2) is 35.0 Å². The molecule has 0 bridgehead atoms. The molecule has 1 unspecified atom stereocenters. The van der Waals surface area contributed by atoms with Crippen molar-refractivity contribution in [2.75, 3.05) is 6.61 Å².